The summed E-state index contributed by atoms with van der Waals surface area (Å²) < 4.78 is 5.20. The molecule has 1 heterocycles. The number of aryl methyl sites for hydroxylation is 2. The number of carboxylic acids is 1. The standard InChI is InChI=1S/C21H18N4O6S.2C2H6/c1-31-17-10-13-11(9-16(17)26)6-7-18-19(13)22-21(32-18)24-23-14(20(27)28)8-12-4-2-3-5-15(12)25(29)30;2*1-2/h2-5,9-10,26H,6-8H2,1H3,(H,22,24)(H,27,28);2*1-2H3/b23-14-;;. The number of anilines is 1. The first-order chi connectivity index (χ1) is 17.4. The number of nitro groups is 1. The summed E-state index contributed by atoms with van der Waals surface area (Å²) in [6, 6.07) is 9.33. The van der Waals surface area contributed by atoms with Gasteiger partial charge >= 0.3 is 5.97 Å². The van der Waals surface area contributed by atoms with Crippen molar-refractivity contribution in [3.8, 4) is 22.8 Å². The summed E-state index contributed by atoms with van der Waals surface area (Å²) in [6.07, 6.45) is 1.23. The van der Waals surface area contributed by atoms with E-state index in [1.165, 1.54) is 36.6 Å². The number of ether oxygens (including phenoxy) is 1. The quantitative estimate of drug-likeness (QED) is 0.207. The third kappa shape index (κ3) is 6.36. The van der Waals surface area contributed by atoms with Crippen molar-refractivity contribution in [1.82, 2.24) is 4.98 Å². The number of aliphatic carboxylic acids is 1. The molecule has 0 unspecified atom stereocenters. The molecule has 0 aliphatic heterocycles. The molecular formula is C25H30N4O6S. The third-order valence-electron chi connectivity index (χ3n) is 5.06. The Morgan fingerprint density at radius 2 is 1.92 bits per heavy atom. The molecular weight excluding hydrogens is 484 g/mol. The van der Waals surface area contributed by atoms with E-state index in [4.69, 9.17) is 4.74 Å². The van der Waals surface area contributed by atoms with Crippen LogP contribution in [0.1, 0.15) is 43.7 Å². The Hall–Kier alpha value is -3.99. The number of hydrogen-bond acceptors (Lipinski definition) is 9. The summed E-state index contributed by atoms with van der Waals surface area (Å²) in [6.45, 7) is 8.00. The van der Waals surface area contributed by atoms with E-state index in [2.05, 4.69) is 15.5 Å². The Labute approximate surface area is 213 Å². The number of thiazole rings is 1. The molecule has 0 saturated carbocycles. The van der Waals surface area contributed by atoms with Gasteiger partial charge in [-0.2, -0.15) is 5.10 Å². The number of benzene rings is 2. The van der Waals surface area contributed by atoms with Gasteiger partial charge in [0.05, 0.1) is 17.7 Å². The van der Waals surface area contributed by atoms with Crippen molar-refractivity contribution in [2.45, 2.75) is 47.0 Å². The van der Waals surface area contributed by atoms with Gasteiger partial charge in [-0.25, -0.2) is 9.78 Å². The van der Waals surface area contributed by atoms with E-state index < -0.39 is 10.9 Å². The molecule has 3 N–H and O–H groups in total. The number of nitrogens with one attached hydrogen (secondary N) is 1. The lowest BCUT2D eigenvalue weighted by Crippen LogP contribution is -2.18. The molecule has 36 heavy (non-hydrogen) atoms. The first-order valence-corrected chi connectivity index (χ1v) is 12.4. The van der Waals surface area contributed by atoms with Crippen molar-refractivity contribution in [2.24, 2.45) is 5.10 Å². The molecule has 11 heteroatoms. The maximum atomic E-state index is 11.7. The van der Waals surface area contributed by atoms with Crippen LogP contribution in [0, 0.1) is 10.1 Å². The minimum Gasteiger partial charge on any atom is -0.504 e. The van der Waals surface area contributed by atoms with Gasteiger partial charge in [0.25, 0.3) is 5.69 Å². The predicted molar refractivity (Wildman–Crippen MR) is 141 cm³/mol. The molecule has 3 aromatic rings. The highest BCUT2D eigenvalue weighted by molar-refractivity contribution is 7.16. The van der Waals surface area contributed by atoms with Gasteiger partial charge in [-0.1, -0.05) is 57.2 Å². The van der Waals surface area contributed by atoms with Gasteiger partial charge in [0.2, 0.25) is 5.13 Å². The number of phenolic OH excluding ortho intramolecular Hbond substituents is 1. The van der Waals surface area contributed by atoms with Crippen LogP contribution in [0.3, 0.4) is 0 Å². The highest BCUT2D eigenvalue weighted by atomic mass is 32.1. The van der Waals surface area contributed by atoms with Gasteiger partial charge in [-0.05, 0) is 30.5 Å². The topological polar surface area (TPSA) is 147 Å². The lowest BCUT2D eigenvalue weighted by atomic mass is 9.93. The van der Waals surface area contributed by atoms with Crippen LogP contribution in [0.25, 0.3) is 11.3 Å². The summed E-state index contributed by atoms with van der Waals surface area (Å²) in [5, 5.41) is 35.1. The number of phenols is 1. The SMILES string of the molecule is CC.CC.COc1cc2c(cc1O)CCc1sc(N/N=C(/Cc3ccccc3[N+](=O)[O-])C(=O)O)nc1-2. The number of nitro benzene ring substituents is 1. The number of para-hydroxylation sites is 1. The maximum Gasteiger partial charge on any atom is 0.352 e. The van der Waals surface area contributed by atoms with Crippen molar-refractivity contribution in [3.05, 3.63) is 62.5 Å². The van der Waals surface area contributed by atoms with Gasteiger partial charge in [-0.15, -0.1) is 0 Å². The number of hydrogen-bond donors (Lipinski definition) is 3. The Balaban J connectivity index is 0.00000109. The molecule has 0 amide bonds. The van der Waals surface area contributed by atoms with Crippen molar-refractivity contribution >= 4 is 33.8 Å². The first kappa shape index (κ1) is 28.2. The second kappa shape index (κ2) is 13.2. The van der Waals surface area contributed by atoms with Crippen LogP contribution in [0.15, 0.2) is 41.5 Å². The molecule has 0 saturated heterocycles. The molecule has 1 aliphatic carbocycles. The molecule has 0 fully saturated rings. The van der Waals surface area contributed by atoms with Gasteiger partial charge in [0.15, 0.2) is 11.5 Å². The van der Waals surface area contributed by atoms with E-state index in [0.29, 0.717) is 10.9 Å². The average Bonchev–Trinajstić information content (AvgIpc) is 3.32. The summed E-state index contributed by atoms with van der Waals surface area (Å²) in [5.41, 5.74) is 5.00. The molecule has 0 radical (unpaired) electrons. The number of methoxy groups -OCH3 is 1. The first-order valence-electron chi connectivity index (χ1n) is 11.6. The largest absolute Gasteiger partial charge is 0.504 e. The third-order valence-corrected chi connectivity index (χ3v) is 6.08. The number of carboxylic acid groups (broad SMARTS) is 1. The number of nitrogens with zero attached hydrogens (tertiary/aromatic N) is 3. The predicted octanol–water partition coefficient (Wildman–Crippen LogP) is 5.68. The lowest BCUT2D eigenvalue weighted by molar-refractivity contribution is -0.385. The Morgan fingerprint density at radius 3 is 2.56 bits per heavy atom. The van der Waals surface area contributed by atoms with Gasteiger partial charge in [0, 0.05) is 28.5 Å². The molecule has 1 aliphatic rings. The zero-order chi connectivity index (χ0) is 26.8. The maximum absolute atomic E-state index is 11.7. The number of aromatic nitrogens is 1. The molecule has 10 nitrogen and oxygen atoms in total. The van der Waals surface area contributed by atoms with E-state index in [1.807, 2.05) is 27.7 Å². The minimum atomic E-state index is -1.29. The molecule has 4 rings (SSSR count). The van der Waals surface area contributed by atoms with Crippen molar-refractivity contribution in [3.63, 3.8) is 0 Å². The monoisotopic (exact) mass is 514 g/mol. The molecule has 192 valence electrons. The lowest BCUT2D eigenvalue weighted by Gasteiger charge is -2.16. The summed E-state index contributed by atoms with van der Waals surface area (Å²) in [5.74, 6) is -0.883. The zero-order valence-corrected chi connectivity index (χ0v) is 21.7. The van der Waals surface area contributed by atoms with Crippen molar-refractivity contribution in [2.75, 3.05) is 12.5 Å². The zero-order valence-electron chi connectivity index (χ0n) is 20.9. The number of hydrazone groups is 1. The fourth-order valence-corrected chi connectivity index (χ4v) is 4.45. The molecule has 0 bridgehead atoms. The van der Waals surface area contributed by atoms with Crippen LogP contribution in [0.5, 0.6) is 11.5 Å². The van der Waals surface area contributed by atoms with Crippen LogP contribution in [-0.2, 0) is 24.1 Å². The van der Waals surface area contributed by atoms with Crippen LogP contribution in [-0.4, -0.2) is 38.9 Å². The average molecular weight is 515 g/mol. The van der Waals surface area contributed by atoms with E-state index in [9.17, 15) is 25.1 Å². The van der Waals surface area contributed by atoms with E-state index in [1.54, 1.807) is 18.2 Å². The smallest absolute Gasteiger partial charge is 0.352 e. The van der Waals surface area contributed by atoms with Crippen LogP contribution >= 0.6 is 11.3 Å². The Kier molecular flexibility index (Phi) is 10.4. The number of fused-ring (bicyclic) bond motifs is 3. The normalized spacial score (nSPS) is 11.5. The fourth-order valence-electron chi connectivity index (χ4n) is 3.53. The molecule has 1 aromatic heterocycles. The number of aromatic hydroxyl groups is 1. The Morgan fingerprint density at radius 1 is 1.22 bits per heavy atom. The van der Waals surface area contributed by atoms with Crippen molar-refractivity contribution in [1.29, 1.82) is 0 Å². The summed E-state index contributed by atoms with van der Waals surface area (Å²) in [7, 11) is 1.47. The number of carbonyl (C=O) groups is 1. The second-order valence-corrected chi connectivity index (χ2v) is 8.09. The van der Waals surface area contributed by atoms with Crippen LogP contribution < -0.4 is 10.2 Å². The highest BCUT2D eigenvalue weighted by Crippen LogP contribution is 2.42. The minimum absolute atomic E-state index is 0.0639. The molecule has 0 spiro atoms. The van der Waals surface area contributed by atoms with E-state index in [-0.39, 0.29) is 29.1 Å². The Bertz CT molecular complexity index is 1260. The van der Waals surface area contributed by atoms with E-state index in [0.717, 1.165) is 34.5 Å². The highest BCUT2D eigenvalue weighted by Gasteiger charge is 2.24. The van der Waals surface area contributed by atoms with Gasteiger partial charge < -0.3 is 14.9 Å². The molecule has 0 atom stereocenters. The van der Waals surface area contributed by atoms with Crippen molar-refractivity contribution < 1.29 is 24.7 Å². The summed E-state index contributed by atoms with van der Waals surface area (Å²) in [4.78, 5) is 27.9. The van der Waals surface area contributed by atoms with Crippen LogP contribution in [0.4, 0.5) is 10.8 Å². The molecule has 2 aromatic carbocycles. The number of rotatable bonds is 7. The van der Waals surface area contributed by atoms with Gasteiger partial charge in [0.1, 0.15) is 5.71 Å². The summed E-state index contributed by atoms with van der Waals surface area (Å²) >= 11 is 1.35. The van der Waals surface area contributed by atoms with Crippen LogP contribution in [0.2, 0.25) is 0 Å². The second-order valence-electron chi connectivity index (χ2n) is 7.01. The van der Waals surface area contributed by atoms with E-state index >= 15 is 0 Å². The van der Waals surface area contributed by atoms with Gasteiger partial charge in [-0.3, -0.25) is 15.5 Å². The fraction of sp³-hybridized carbons (Fsp3) is 0.320.